The van der Waals surface area contributed by atoms with Crippen LogP contribution < -0.4 is 0 Å². The molecule has 1 unspecified atom stereocenters. The molecule has 3 heteroatoms. The number of carboxylic acid groups (broad SMARTS) is 1. The largest absolute Gasteiger partial charge is 0.481 e. The molecule has 19 heavy (non-hydrogen) atoms. The van der Waals surface area contributed by atoms with Gasteiger partial charge >= 0.3 is 5.97 Å². The van der Waals surface area contributed by atoms with Crippen molar-refractivity contribution < 1.29 is 9.90 Å². The number of carboxylic acids is 1. The summed E-state index contributed by atoms with van der Waals surface area (Å²) in [6.07, 6.45) is 3.50. The third-order valence-electron chi connectivity index (χ3n) is 3.61. The van der Waals surface area contributed by atoms with Crippen molar-refractivity contribution in [2.75, 3.05) is 20.1 Å². The predicted octanol–water partition coefficient (Wildman–Crippen LogP) is 3.15. The number of hydrogen-bond donors (Lipinski definition) is 1. The monoisotopic (exact) mass is 263 g/mol. The average Bonchev–Trinajstić information content (AvgIpc) is 2.39. The van der Waals surface area contributed by atoms with E-state index < -0.39 is 11.4 Å². The van der Waals surface area contributed by atoms with Crippen LogP contribution in [0.1, 0.15) is 38.7 Å². The van der Waals surface area contributed by atoms with E-state index in [2.05, 4.69) is 11.8 Å². The molecule has 1 atom stereocenters. The molecule has 0 spiro atoms. The molecular weight excluding hydrogens is 238 g/mol. The van der Waals surface area contributed by atoms with Crippen LogP contribution in [0.25, 0.3) is 0 Å². The van der Waals surface area contributed by atoms with Crippen LogP contribution in [-0.4, -0.2) is 36.1 Å². The van der Waals surface area contributed by atoms with Crippen LogP contribution in [0.5, 0.6) is 0 Å². The van der Waals surface area contributed by atoms with Gasteiger partial charge in [0, 0.05) is 6.54 Å². The highest BCUT2D eigenvalue weighted by Crippen LogP contribution is 2.25. The van der Waals surface area contributed by atoms with Gasteiger partial charge in [0.05, 0.1) is 0 Å². The summed E-state index contributed by atoms with van der Waals surface area (Å²) in [5.41, 5.74) is 0.0206. The average molecular weight is 263 g/mol. The summed E-state index contributed by atoms with van der Waals surface area (Å²) in [6.45, 7) is 5.46. The van der Waals surface area contributed by atoms with Gasteiger partial charge in [0.2, 0.25) is 0 Å². The Kier molecular flexibility index (Phi) is 6.03. The minimum Gasteiger partial charge on any atom is -0.481 e. The third kappa shape index (κ3) is 4.35. The summed E-state index contributed by atoms with van der Waals surface area (Å²) in [7, 11) is 2.00. The Bertz CT molecular complexity index is 391. The van der Waals surface area contributed by atoms with Gasteiger partial charge in [-0.1, -0.05) is 50.1 Å². The first kappa shape index (κ1) is 15.7. The third-order valence-corrected chi connectivity index (χ3v) is 3.61. The van der Waals surface area contributed by atoms with E-state index in [1.54, 1.807) is 6.92 Å². The molecular formula is C16H25NO2. The van der Waals surface area contributed by atoms with E-state index in [4.69, 9.17) is 0 Å². The molecule has 0 fully saturated rings. The summed E-state index contributed by atoms with van der Waals surface area (Å²) >= 11 is 0. The van der Waals surface area contributed by atoms with E-state index in [1.807, 2.05) is 37.4 Å². The highest BCUT2D eigenvalue weighted by Gasteiger charge is 2.36. The zero-order chi connectivity index (χ0) is 14.3. The molecule has 0 heterocycles. The molecule has 0 aliphatic rings. The van der Waals surface area contributed by atoms with Gasteiger partial charge in [-0.25, -0.2) is 0 Å². The molecule has 1 N–H and O–H groups in total. The van der Waals surface area contributed by atoms with Crippen LogP contribution >= 0.6 is 0 Å². The van der Waals surface area contributed by atoms with E-state index >= 15 is 0 Å². The zero-order valence-electron chi connectivity index (χ0n) is 12.2. The van der Waals surface area contributed by atoms with Crippen molar-refractivity contribution in [3.63, 3.8) is 0 Å². The molecule has 0 aliphatic heterocycles. The van der Waals surface area contributed by atoms with E-state index in [1.165, 1.54) is 12.8 Å². The number of carbonyl (C=O) groups is 1. The lowest BCUT2D eigenvalue weighted by molar-refractivity contribution is -0.143. The van der Waals surface area contributed by atoms with Gasteiger partial charge in [0.15, 0.2) is 0 Å². The Morgan fingerprint density at radius 1 is 1.26 bits per heavy atom. The van der Waals surface area contributed by atoms with Gasteiger partial charge in [-0.05, 0) is 32.5 Å². The summed E-state index contributed by atoms with van der Waals surface area (Å²) in [5.74, 6) is -0.763. The second-order valence-electron chi connectivity index (χ2n) is 5.45. The van der Waals surface area contributed by atoms with Crippen LogP contribution in [0.2, 0.25) is 0 Å². The Morgan fingerprint density at radius 2 is 1.89 bits per heavy atom. The molecule has 1 rings (SSSR count). The standard InChI is InChI=1S/C16H25NO2/c1-4-5-9-12-17(3)13-16(2,15(18)19)14-10-7-6-8-11-14/h6-8,10-11H,4-5,9,12-13H2,1-3H3,(H,18,19). The molecule has 0 saturated heterocycles. The second kappa shape index (κ2) is 7.29. The Balaban J connectivity index is 2.75. The van der Waals surface area contributed by atoms with Crippen molar-refractivity contribution in [1.29, 1.82) is 0 Å². The Hall–Kier alpha value is -1.35. The van der Waals surface area contributed by atoms with E-state index in [0.29, 0.717) is 6.54 Å². The minimum atomic E-state index is -0.845. The van der Waals surface area contributed by atoms with Gasteiger partial charge < -0.3 is 10.0 Å². The molecule has 1 aromatic rings. The quantitative estimate of drug-likeness (QED) is 0.732. The fourth-order valence-electron chi connectivity index (χ4n) is 2.34. The zero-order valence-corrected chi connectivity index (χ0v) is 12.2. The summed E-state index contributed by atoms with van der Waals surface area (Å²) < 4.78 is 0. The minimum absolute atomic E-state index is 0.538. The Morgan fingerprint density at radius 3 is 2.42 bits per heavy atom. The summed E-state index contributed by atoms with van der Waals surface area (Å²) in [6, 6.07) is 9.50. The van der Waals surface area contributed by atoms with Crippen LogP contribution in [0.15, 0.2) is 30.3 Å². The molecule has 1 aromatic carbocycles. The van der Waals surface area contributed by atoms with Crippen molar-refractivity contribution in [2.24, 2.45) is 0 Å². The van der Waals surface area contributed by atoms with E-state index in [-0.39, 0.29) is 0 Å². The first-order valence-corrected chi connectivity index (χ1v) is 6.98. The number of benzene rings is 1. The lowest BCUT2D eigenvalue weighted by atomic mass is 9.82. The summed E-state index contributed by atoms with van der Waals surface area (Å²) in [4.78, 5) is 13.8. The van der Waals surface area contributed by atoms with Crippen molar-refractivity contribution >= 4 is 5.97 Å². The molecule has 3 nitrogen and oxygen atoms in total. The van der Waals surface area contributed by atoms with Gasteiger partial charge in [0.1, 0.15) is 5.41 Å². The van der Waals surface area contributed by atoms with Crippen LogP contribution in [0.4, 0.5) is 0 Å². The first-order chi connectivity index (χ1) is 9.00. The molecule has 0 saturated carbocycles. The van der Waals surface area contributed by atoms with Gasteiger partial charge in [-0.3, -0.25) is 4.79 Å². The number of unbranched alkanes of at least 4 members (excludes halogenated alkanes) is 2. The SMILES string of the molecule is CCCCCN(C)CC(C)(C(=O)O)c1ccccc1. The molecule has 0 aromatic heterocycles. The fourth-order valence-corrected chi connectivity index (χ4v) is 2.34. The number of hydrogen-bond acceptors (Lipinski definition) is 2. The van der Waals surface area contributed by atoms with Crippen molar-refractivity contribution in [1.82, 2.24) is 4.90 Å². The summed E-state index contributed by atoms with van der Waals surface area (Å²) in [5, 5.41) is 9.58. The van der Waals surface area contributed by atoms with E-state index in [0.717, 1.165) is 18.5 Å². The maximum atomic E-state index is 11.7. The van der Waals surface area contributed by atoms with Gasteiger partial charge in [-0.2, -0.15) is 0 Å². The number of rotatable bonds is 8. The molecule has 0 radical (unpaired) electrons. The van der Waals surface area contributed by atoms with Crippen molar-refractivity contribution in [3.8, 4) is 0 Å². The number of nitrogens with zero attached hydrogens (tertiary/aromatic N) is 1. The van der Waals surface area contributed by atoms with Crippen LogP contribution in [0.3, 0.4) is 0 Å². The fraction of sp³-hybridized carbons (Fsp3) is 0.562. The topological polar surface area (TPSA) is 40.5 Å². The maximum Gasteiger partial charge on any atom is 0.315 e. The van der Waals surface area contributed by atoms with Crippen molar-refractivity contribution in [3.05, 3.63) is 35.9 Å². The maximum absolute atomic E-state index is 11.7. The smallest absolute Gasteiger partial charge is 0.315 e. The molecule has 0 amide bonds. The predicted molar refractivity (Wildman–Crippen MR) is 78.5 cm³/mol. The Labute approximate surface area is 116 Å². The molecule has 0 aliphatic carbocycles. The second-order valence-corrected chi connectivity index (χ2v) is 5.45. The highest BCUT2D eigenvalue weighted by molar-refractivity contribution is 5.81. The van der Waals surface area contributed by atoms with Crippen LogP contribution in [-0.2, 0) is 10.2 Å². The first-order valence-electron chi connectivity index (χ1n) is 6.98. The molecule has 106 valence electrons. The number of likely N-dealkylation sites (N-methyl/N-ethyl adjacent to an activating group) is 1. The lowest BCUT2D eigenvalue weighted by Gasteiger charge is -2.30. The lowest BCUT2D eigenvalue weighted by Crippen LogP contribution is -2.43. The number of aliphatic carboxylic acids is 1. The van der Waals surface area contributed by atoms with E-state index in [9.17, 15) is 9.90 Å². The van der Waals surface area contributed by atoms with Gasteiger partial charge in [0.25, 0.3) is 0 Å². The van der Waals surface area contributed by atoms with Crippen molar-refractivity contribution in [2.45, 2.75) is 38.5 Å². The molecule has 0 bridgehead atoms. The normalized spacial score (nSPS) is 14.3. The van der Waals surface area contributed by atoms with Gasteiger partial charge in [-0.15, -0.1) is 0 Å². The van der Waals surface area contributed by atoms with Crippen LogP contribution in [0, 0.1) is 0 Å². The highest BCUT2D eigenvalue weighted by atomic mass is 16.4.